The van der Waals surface area contributed by atoms with E-state index in [1.807, 2.05) is 0 Å². The third-order valence-corrected chi connectivity index (χ3v) is 5.02. The Morgan fingerprint density at radius 2 is 1.82 bits per heavy atom. The van der Waals surface area contributed by atoms with Crippen LogP contribution in [0.4, 0.5) is 5.69 Å². The molecule has 0 radical (unpaired) electrons. The van der Waals surface area contributed by atoms with Gasteiger partial charge in [0.2, 0.25) is 11.8 Å². The third kappa shape index (κ3) is 5.40. The molecule has 2 amide bonds. The van der Waals surface area contributed by atoms with Crippen molar-refractivity contribution in [2.75, 3.05) is 19.5 Å². The van der Waals surface area contributed by atoms with Crippen LogP contribution in [0.3, 0.4) is 0 Å². The summed E-state index contributed by atoms with van der Waals surface area (Å²) in [7, 11) is 2.94. The molecule has 10 nitrogen and oxygen atoms in total. The van der Waals surface area contributed by atoms with Gasteiger partial charge in [0, 0.05) is 17.8 Å². The summed E-state index contributed by atoms with van der Waals surface area (Å²) in [6.07, 6.45) is 1.27. The van der Waals surface area contributed by atoms with Crippen molar-refractivity contribution in [1.82, 2.24) is 14.9 Å². The van der Waals surface area contributed by atoms with Gasteiger partial charge in [-0.25, -0.2) is 4.98 Å². The number of aromatic nitrogens is 2. The molecule has 0 aliphatic heterocycles. The summed E-state index contributed by atoms with van der Waals surface area (Å²) in [5, 5.41) is 15.2. The van der Waals surface area contributed by atoms with Gasteiger partial charge in [-0.15, -0.1) is 0 Å². The minimum atomic E-state index is -0.853. The zero-order valence-electron chi connectivity index (χ0n) is 18.8. The molecule has 1 aromatic heterocycles. The molecule has 3 aromatic rings. The molecule has 3 rings (SSSR count). The van der Waals surface area contributed by atoms with Gasteiger partial charge in [0.05, 0.1) is 31.4 Å². The van der Waals surface area contributed by atoms with Gasteiger partial charge in [0.1, 0.15) is 18.3 Å². The zero-order chi connectivity index (χ0) is 24.1. The Morgan fingerprint density at radius 1 is 1.12 bits per heavy atom. The number of ether oxygens (including phenoxy) is 2. The fourth-order valence-corrected chi connectivity index (χ4v) is 3.31. The second kappa shape index (κ2) is 10.0. The topological polar surface area (TPSA) is 132 Å². The molecule has 3 N–H and O–H groups in total. The first-order valence-electron chi connectivity index (χ1n) is 10.2. The highest BCUT2D eigenvalue weighted by atomic mass is 16.5. The van der Waals surface area contributed by atoms with E-state index in [1.54, 1.807) is 32.0 Å². The number of phenols is 1. The number of rotatable bonds is 8. The van der Waals surface area contributed by atoms with Crippen LogP contribution in [0, 0.1) is 5.92 Å². The molecule has 33 heavy (non-hydrogen) atoms. The Morgan fingerprint density at radius 3 is 2.45 bits per heavy atom. The molecule has 10 heteroatoms. The lowest BCUT2D eigenvalue weighted by Crippen LogP contribution is -2.48. The van der Waals surface area contributed by atoms with Gasteiger partial charge in [0.15, 0.2) is 11.5 Å². The maximum atomic E-state index is 12.9. The summed E-state index contributed by atoms with van der Waals surface area (Å²) in [5.41, 5.74) is 0.375. The van der Waals surface area contributed by atoms with Crippen LogP contribution in [0.2, 0.25) is 0 Å². The highest BCUT2D eigenvalue weighted by Crippen LogP contribution is 2.29. The summed E-state index contributed by atoms with van der Waals surface area (Å²) in [6.45, 7) is 3.26. The van der Waals surface area contributed by atoms with Gasteiger partial charge in [-0.05, 0) is 24.1 Å². The molecule has 0 spiro atoms. The molecule has 1 heterocycles. The summed E-state index contributed by atoms with van der Waals surface area (Å²) in [4.78, 5) is 42.5. The van der Waals surface area contributed by atoms with Crippen LogP contribution in [0.5, 0.6) is 17.2 Å². The summed E-state index contributed by atoms with van der Waals surface area (Å²) >= 11 is 0. The first-order chi connectivity index (χ1) is 15.7. The number of benzene rings is 2. The quantitative estimate of drug-likeness (QED) is 0.474. The maximum Gasteiger partial charge on any atom is 0.261 e. The van der Waals surface area contributed by atoms with E-state index in [0.717, 1.165) is 4.57 Å². The van der Waals surface area contributed by atoms with Crippen molar-refractivity contribution in [3.63, 3.8) is 0 Å². The summed E-state index contributed by atoms with van der Waals surface area (Å²) in [5.74, 6) is -0.377. The minimum Gasteiger partial charge on any atom is -0.508 e. The molecule has 0 saturated heterocycles. The second-order valence-corrected chi connectivity index (χ2v) is 7.73. The fraction of sp³-hybridized carbons (Fsp3) is 0.304. The molecule has 1 unspecified atom stereocenters. The van der Waals surface area contributed by atoms with E-state index in [0.29, 0.717) is 22.7 Å². The fourth-order valence-electron chi connectivity index (χ4n) is 3.31. The summed E-state index contributed by atoms with van der Waals surface area (Å²) in [6, 6.07) is 8.35. The zero-order valence-corrected chi connectivity index (χ0v) is 18.8. The highest BCUT2D eigenvalue weighted by molar-refractivity contribution is 5.97. The molecule has 0 saturated carbocycles. The van der Waals surface area contributed by atoms with Gasteiger partial charge in [-0.2, -0.15) is 0 Å². The van der Waals surface area contributed by atoms with Crippen LogP contribution in [-0.2, 0) is 16.1 Å². The van der Waals surface area contributed by atoms with Crippen molar-refractivity contribution in [2.24, 2.45) is 5.92 Å². The highest BCUT2D eigenvalue weighted by Gasteiger charge is 2.25. The number of carbonyl (C=O) groups is 2. The van der Waals surface area contributed by atoms with Crippen LogP contribution in [0.15, 0.2) is 47.5 Å². The number of anilines is 1. The van der Waals surface area contributed by atoms with E-state index >= 15 is 0 Å². The number of hydrogen-bond acceptors (Lipinski definition) is 7. The lowest BCUT2D eigenvalue weighted by atomic mass is 10.0. The molecular weight excluding hydrogens is 428 g/mol. The normalized spacial score (nSPS) is 11.8. The van der Waals surface area contributed by atoms with Crippen LogP contribution >= 0.6 is 0 Å². The predicted octanol–water partition coefficient (Wildman–Crippen LogP) is 1.90. The van der Waals surface area contributed by atoms with Gasteiger partial charge in [0.25, 0.3) is 5.56 Å². The van der Waals surface area contributed by atoms with Gasteiger partial charge < -0.3 is 25.2 Å². The van der Waals surface area contributed by atoms with Crippen molar-refractivity contribution in [1.29, 1.82) is 0 Å². The maximum absolute atomic E-state index is 12.9. The Bertz CT molecular complexity index is 1240. The van der Waals surface area contributed by atoms with Gasteiger partial charge >= 0.3 is 0 Å². The Labute approximate surface area is 190 Å². The third-order valence-electron chi connectivity index (χ3n) is 5.02. The number of carbonyl (C=O) groups excluding carboxylic acids is 2. The lowest BCUT2D eigenvalue weighted by molar-refractivity contribution is -0.127. The van der Waals surface area contributed by atoms with E-state index in [1.165, 1.54) is 38.7 Å². The number of methoxy groups -OCH3 is 2. The number of phenolic OH excluding ortho intramolecular Hbond substituents is 1. The van der Waals surface area contributed by atoms with Crippen molar-refractivity contribution in [2.45, 2.75) is 26.4 Å². The van der Waals surface area contributed by atoms with Crippen molar-refractivity contribution in [3.8, 4) is 17.2 Å². The smallest absolute Gasteiger partial charge is 0.261 e. The number of fused-ring (bicyclic) bond motifs is 1. The van der Waals surface area contributed by atoms with E-state index in [9.17, 15) is 19.5 Å². The molecule has 0 bridgehead atoms. The molecule has 1 atom stereocenters. The van der Waals surface area contributed by atoms with E-state index in [2.05, 4.69) is 15.6 Å². The number of aromatic hydroxyl groups is 1. The Hall–Kier alpha value is -4.08. The standard InChI is InChI=1S/C23H26N4O6/c1-13(2)21(22(30)25-14-6-5-7-15(28)8-14)26-20(29)11-27-12-24-17-10-19(33-4)18(32-3)9-16(17)23(27)31/h5-10,12-13,21,28H,11H2,1-4H3,(H,25,30)(H,26,29). The monoisotopic (exact) mass is 454 g/mol. The van der Waals surface area contributed by atoms with E-state index < -0.39 is 23.4 Å². The van der Waals surface area contributed by atoms with Crippen LogP contribution in [0.1, 0.15) is 13.8 Å². The van der Waals surface area contributed by atoms with Gasteiger partial charge in [-0.1, -0.05) is 19.9 Å². The lowest BCUT2D eigenvalue weighted by Gasteiger charge is -2.22. The molecule has 0 aliphatic carbocycles. The van der Waals surface area contributed by atoms with Crippen LogP contribution in [0.25, 0.3) is 10.9 Å². The number of hydrogen-bond donors (Lipinski definition) is 3. The molecule has 0 aliphatic rings. The predicted molar refractivity (Wildman–Crippen MR) is 123 cm³/mol. The van der Waals surface area contributed by atoms with E-state index in [-0.39, 0.29) is 23.6 Å². The minimum absolute atomic E-state index is 0.00959. The van der Waals surface area contributed by atoms with Crippen molar-refractivity contribution in [3.05, 3.63) is 53.1 Å². The van der Waals surface area contributed by atoms with Crippen LogP contribution < -0.4 is 25.7 Å². The first kappa shape index (κ1) is 23.6. The average Bonchev–Trinajstić information content (AvgIpc) is 2.78. The second-order valence-electron chi connectivity index (χ2n) is 7.73. The number of amides is 2. The first-order valence-corrected chi connectivity index (χ1v) is 10.2. The van der Waals surface area contributed by atoms with Crippen molar-refractivity contribution >= 4 is 28.4 Å². The van der Waals surface area contributed by atoms with Crippen molar-refractivity contribution < 1.29 is 24.2 Å². The Balaban J connectivity index is 1.78. The number of nitrogens with one attached hydrogen (secondary N) is 2. The molecular formula is C23H26N4O6. The van der Waals surface area contributed by atoms with Gasteiger partial charge in [-0.3, -0.25) is 19.0 Å². The average molecular weight is 454 g/mol. The summed E-state index contributed by atoms with van der Waals surface area (Å²) < 4.78 is 11.6. The number of nitrogens with zero attached hydrogens (tertiary/aromatic N) is 2. The van der Waals surface area contributed by atoms with E-state index in [4.69, 9.17) is 9.47 Å². The molecule has 2 aromatic carbocycles. The molecule has 0 fully saturated rings. The Kier molecular flexibility index (Phi) is 7.17. The SMILES string of the molecule is COc1cc2ncn(CC(=O)NC(C(=O)Nc3cccc(O)c3)C(C)C)c(=O)c2cc1OC. The largest absolute Gasteiger partial charge is 0.508 e. The van der Waals surface area contributed by atoms with Crippen LogP contribution in [-0.4, -0.2) is 46.7 Å². The molecule has 174 valence electrons.